The number of fused-ring (bicyclic) bond motifs is 1. The first kappa shape index (κ1) is 11.4. The molecule has 0 saturated carbocycles. The minimum absolute atomic E-state index is 0.310. The SMILES string of the molecule is Cc1nc2n(n1)C(c1ccccc1)CCC2CN. The average molecular weight is 242 g/mol. The molecular weight excluding hydrogens is 224 g/mol. The van der Waals surface area contributed by atoms with Gasteiger partial charge in [0.15, 0.2) is 0 Å². The third-order valence-corrected chi connectivity index (χ3v) is 3.68. The van der Waals surface area contributed by atoms with Crippen LogP contribution in [0, 0.1) is 6.92 Å². The van der Waals surface area contributed by atoms with Crippen LogP contribution in [0.15, 0.2) is 30.3 Å². The second-order valence-corrected chi connectivity index (χ2v) is 4.90. The summed E-state index contributed by atoms with van der Waals surface area (Å²) in [6, 6.07) is 10.8. The van der Waals surface area contributed by atoms with Gasteiger partial charge in [-0.2, -0.15) is 5.10 Å². The normalized spacial score (nSPS) is 22.8. The number of hydrogen-bond donors (Lipinski definition) is 1. The van der Waals surface area contributed by atoms with Gasteiger partial charge in [-0.25, -0.2) is 9.67 Å². The number of nitrogens with two attached hydrogens (primary N) is 1. The summed E-state index contributed by atoms with van der Waals surface area (Å²) in [4.78, 5) is 4.55. The monoisotopic (exact) mass is 242 g/mol. The Morgan fingerprint density at radius 2 is 2.06 bits per heavy atom. The summed E-state index contributed by atoms with van der Waals surface area (Å²) >= 11 is 0. The standard InChI is InChI=1S/C14H18N4/c1-10-16-14-12(9-15)7-8-13(18(14)17-10)11-5-3-2-4-6-11/h2-6,12-13H,7-9,15H2,1H3. The fourth-order valence-electron chi connectivity index (χ4n) is 2.77. The first-order valence-electron chi connectivity index (χ1n) is 6.47. The van der Waals surface area contributed by atoms with Crippen molar-refractivity contribution in [3.63, 3.8) is 0 Å². The Bertz CT molecular complexity index is 532. The molecule has 2 heterocycles. The number of aromatic nitrogens is 3. The minimum atomic E-state index is 0.310. The van der Waals surface area contributed by atoms with Gasteiger partial charge in [0.05, 0.1) is 6.04 Å². The van der Waals surface area contributed by atoms with Gasteiger partial charge in [0, 0.05) is 12.5 Å². The Labute approximate surface area is 107 Å². The molecule has 2 atom stereocenters. The predicted octanol–water partition coefficient (Wildman–Crippen LogP) is 2.01. The molecule has 0 fully saturated rings. The van der Waals surface area contributed by atoms with Crippen LogP contribution < -0.4 is 5.73 Å². The highest BCUT2D eigenvalue weighted by Crippen LogP contribution is 2.35. The Balaban J connectivity index is 2.04. The van der Waals surface area contributed by atoms with Crippen LogP contribution in [0.1, 0.15) is 42.0 Å². The number of benzene rings is 1. The highest BCUT2D eigenvalue weighted by Gasteiger charge is 2.29. The molecule has 0 radical (unpaired) electrons. The first-order valence-corrected chi connectivity index (χ1v) is 6.47. The molecule has 0 aliphatic carbocycles. The highest BCUT2D eigenvalue weighted by molar-refractivity contribution is 5.22. The second-order valence-electron chi connectivity index (χ2n) is 4.90. The largest absolute Gasteiger partial charge is 0.330 e. The Morgan fingerprint density at radius 3 is 2.78 bits per heavy atom. The zero-order chi connectivity index (χ0) is 12.5. The van der Waals surface area contributed by atoms with Crippen LogP contribution >= 0.6 is 0 Å². The Kier molecular flexibility index (Phi) is 2.88. The summed E-state index contributed by atoms with van der Waals surface area (Å²) < 4.78 is 2.08. The van der Waals surface area contributed by atoms with Gasteiger partial charge in [-0.3, -0.25) is 0 Å². The van der Waals surface area contributed by atoms with Gasteiger partial charge < -0.3 is 5.73 Å². The quantitative estimate of drug-likeness (QED) is 0.876. The second kappa shape index (κ2) is 4.53. The molecule has 1 aliphatic heterocycles. The third kappa shape index (κ3) is 1.82. The molecule has 4 heteroatoms. The maximum Gasteiger partial charge on any atom is 0.147 e. The van der Waals surface area contributed by atoms with E-state index >= 15 is 0 Å². The summed E-state index contributed by atoms with van der Waals surface area (Å²) in [5, 5.41) is 4.56. The number of nitrogens with zero attached hydrogens (tertiary/aromatic N) is 3. The van der Waals surface area contributed by atoms with Crippen molar-refractivity contribution in [3.8, 4) is 0 Å². The van der Waals surface area contributed by atoms with E-state index in [0.717, 1.165) is 24.5 Å². The van der Waals surface area contributed by atoms with Crippen molar-refractivity contribution in [3.05, 3.63) is 47.5 Å². The molecule has 1 aromatic carbocycles. The van der Waals surface area contributed by atoms with Gasteiger partial charge >= 0.3 is 0 Å². The summed E-state index contributed by atoms with van der Waals surface area (Å²) in [6.07, 6.45) is 2.18. The summed E-state index contributed by atoms with van der Waals surface area (Å²) in [5.41, 5.74) is 7.14. The van der Waals surface area contributed by atoms with Crippen LogP contribution in [0.4, 0.5) is 0 Å². The van der Waals surface area contributed by atoms with Crippen LogP contribution in [-0.2, 0) is 0 Å². The number of rotatable bonds is 2. The van der Waals surface area contributed by atoms with E-state index in [1.807, 2.05) is 13.0 Å². The minimum Gasteiger partial charge on any atom is -0.330 e. The maximum atomic E-state index is 5.83. The zero-order valence-corrected chi connectivity index (χ0v) is 10.6. The van der Waals surface area contributed by atoms with E-state index in [2.05, 4.69) is 39.0 Å². The van der Waals surface area contributed by atoms with E-state index in [0.29, 0.717) is 18.5 Å². The van der Waals surface area contributed by atoms with E-state index in [4.69, 9.17) is 5.73 Å². The van der Waals surface area contributed by atoms with E-state index < -0.39 is 0 Å². The van der Waals surface area contributed by atoms with Crippen molar-refractivity contribution < 1.29 is 0 Å². The molecule has 4 nitrogen and oxygen atoms in total. The lowest BCUT2D eigenvalue weighted by atomic mass is 9.91. The molecule has 0 bridgehead atoms. The first-order chi connectivity index (χ1) is 8.79. The van der Waals surface area contributed by atoms with Crippen LogP contribution in [0.2, 0.25) is 0 Å². The number of aryl methyl sites for hydroxylation is 1. The molecule has 1 aromatic heterocycles. The fraction of sp³-hybridized carbons (Fsp3) is 0.429. The Hall–Kier alpha value is -1.68. The zero-order valence-electron chi connectivity index (χ0n) is 10.6. The van der Waals surface area contributed by atoms with Gasteiger partial charge in [-0.05, 0) is 25.3 Å². The lowest BCUT2D eigenvalue weighted by molar-refractivity contribution is 0.368. The molecule has 0 spiro atoms. The van der Waals surface area contributed by atoms with Crippen molar-refractivity contribution in [2.45, 2.75) is 31.7 Å². The molecule has 94 valence electrons. The van der Waals surface area contributed by atoms with Crippen LogP contribution in [0.5, 0.6) is 0 Å². The van der Waals surface area contributed by atoms with Crippen molar-refractivity contribution in [2.24, 2.45) is 5.73 Å². The van der Waals surface area contributed by atoms with Crippen LogP contribution in [0.25, 0.3) is 0 Å². The number of hydrogen-bond acceptors (Lipinski definition) is 3. The highest BCUT2D eigenvalue weighted by atomic mass is 15.4. The average Bonchev–Trinajstić information content (AvgIpc) is 2.80. The van der Waals surface area contributed by atoms with Crippen LogP contribution in [0.3, 0.4) is 0 Å². The van der Waals surface area contributed by atoms with E-state index in [1.165, 1.54) is 5.56 Å². The lowest BCUT2D eigenvalue weighted by Crippen LogP contribution is -2.27. The van der Waals surface area contributed by atoms with Crippen LogP contribution in [-0.4, -0.2) is 21.3 Å². The van der Waals surface area contributed by atoms with Crippen molar-refractivity contribution in [2.75, 3.05) is 6.54 Å². The summed E-state index contributed by atoms with van der Waals surface area (Å²) in [6.45, 7) is 2.60. The van der Waals surface area contributed by atoms with Gasteiger partial charge in [-0.15, -0.1) is 0 Å². The van der Waals surface area contributed by atoms with Gasteiger partial charge in [-0.1, -0.05) is 30.3 Å². The van der Waals surface area contributed by atoms with Crippen molar-refractivity contribution in [1.29, 1.82) is 0 Å². The third-order valence-electron chi connectivity index (χ3n) is 3.68. The smallest absolute Gasteiger partial charge is 0.147 e. The lowest BCUT2D eigenvalue weighted by Gasteiger charge is -2.28. The Morgan fingerprint density at radius 1 is 1.28 bits per heavy atom. The molecule has 2 N–H and O–H groups in total. The summed E-state index contributed by atoms with van der Waals surface area (Å²) in [5.74, 6) is 2.24. The maximum absolute atomic E-state index is 5.83. The fourth-order valence-corrected chi connectivity index (χ4v) is 2.77. The van der Waals surface area contributed by atoms with E-state index in [1.54, 1.807) is 0 Å². The van der Waals surface area contributed by atoms with Crippen molar-refractivity contribution >= 4 is 0 Å². The molecule has 2 unspecified atom stereocenters. The molecule has 18 heavy (non-hydrogen) atoms. The van der Waals surface area contributed by atoms with Gasteiger partial charge in [0.1, 0.15) is 11.6 Å². The van der Waals surface area contributed by atoms with Gasteiger partial charge in [0.2, 0.25) is 0 Å². The topological polar surface area (TPSA) is 56.7 Å². The predicted molar refractivity (Wildman–Crippen MR) is 70.4 cm³/mol. The molecule has 2 aromatic rings. The van der Waals surface area contributed by atoms with Gasteiger partial charge in [0.25, 0.3) is 0 Å². The van der Waals surface area contributed by atoms with E-state index in [-0.39, 0.29) is 0 Å². The molecule has 0 saturated heterocycles. The van der Waals surface area contributed by atoms with Crippen molar-refractivity contribution in [1.82, 2.24) is 14.8 Å². The molecule has 0 amide bonds. The summed E-state index contributed by atoms with van der Waals surface area (Å²) in [7, 11) is 0. The molecular formula is C14H18N4. The van der Waals surface area contributed by atoms with E-state index in [9.17, 15) is 0 Å². The molecule has 1 aliphatic rings. The molecule has 3 rings (SSSR count).